The van der Waals surface area contributed by atoms with Crippen LogP contribution >= 0.6 is 11.5 Å². The second-order valence-corrected chi connectivity index (χ2v) is 5.02. The second-order valence-electron chi connectivity index (χ2n) is 4.26. The Hall–Kier alpha value is -2.29. The van der Waals surface area contributed by atoms with Crippen LogP contribution in [0.2, 0.25) is 0 Å². The highest BCUT2D eigenvalue weighted by Gasteiger charge is 2.12. The molecule has 0 unspecified atom stereocenters. The van der Waals surface area contributed by atoms with Gasteiger partial charge in [-0.25, -0.2) is 4.98 Å². The summed E-state index contributed by atoms with van der Waals surface area (Å²) < 4.78 is 7.00. The third-order valence-corrected chi connectivity index (χ3v) is 3.66. The molecule has 0 radical (unpaired) electrons. The van der Waals surface area contributed by atoms with Gasteiger partial charge in [-0.2, -0.15) is 5.10 Å². The maximum atomic E-state index is 12.3. The van der Waals surface area contributed by atoms with Crippen LogP contribution in [0.3, 0.4) is 0 Å². The molecule has 0 atom stereocenters. The van der Waals surface area contributed by atoms with Crippen LogP contribution in [-0.4, -0.2) is 35.5 Å². The minimum absolute atomic E-state index is 0.126. The van der Waals surface area contributed by atoms with E-state index in [1.165, 1.54) is 28.6 Å². The van der Waals surface area contributed by atoms with E-state index in [4.69, 9.17) is 0 Å². The molecule has 3 heterocycles. The molecule has 3 aromatic rings. The number of fused-ring (bicyclic) bond motifs is 1. The summed E-state index contributed by atoms with van der Waals surface area (Å²) in [5.74, 6) is 0. The predicted octanol–water partition coefficient (Wildman–Crippen LogP) is 0.462. The summed E-state index contributed by atoms with van der Waals surface area (Å²) in [6, 6.07) is 0. The van der Waals surface area contributed by atoms with Gasteiger partial charge in [-0.05, 0) is 6.92 Å². The Morgan fingerprint density at radius 3 is 3.10 bits per heavy atom. The lowest BCUT2D eigenvalue weighted by Gasteiger charge is -2.05. The van der Waals surface area contributed by atoms with Gasteiger partial charge in [-0.15, -0.1) is 5.10 Å². The quantitative estimate of drug-likeness (QED) is 0.751. The van der Waals surface area contributed by atoms with E-state index in [-0.39, 0.29) is 5.56 Å². The molecule has 0 saturated carbocycles. The van der Waals surface area contributed by atoms with Gasteiger partial charge in [0.15, 0.2) is 5.65 Å². The first-order valence-corrected chi connectivity index (χ1v) is 6.90. The van der Waals surface area contributed by atoms with Gasteiger partial charge in [0, 0.05) is 25.1 Å². The number of nitrogens with zero attached hydrogens (tertiary/aromatic N) is 6. The van der Waals surface area contributed by atoms with Crippen LogP contribution in [0.1, 0.15) is 12.6 Å². The molecule has 0 spiro atoms. The van der Waals surface area contributed by atoms with Crippen molar-refractivity contribution in [3.63, 3.8) is 0 Å². The Morgan fingerprint density at radius 2 is 2.30 bits per heavy atom. The van der Waals surface area contributed by atoms with E-state index in [0.29, 0.717) is 17.6 Å². The zero-order chi connectivity index (χ0) is 14.1. The minimum atomic E-state index is -0.126. The molecular formula is C11H13N7OS. The van der Waals surface area contributed by atoms with Crippen molar-refractivity contribution in [2.24, 2.45) is 7.05 Å². The molecule has 0 bridgehead atoms. The Morgan fingerprint density at radius 1 is 1.45 bits per heavy atom. The summed E-state index contributed by atoms with van der Waals surface area (Å²) in [4.78, 5) is 16.6. The third kappa shape index (κ3) is 2.05. The van der Waals surface area contributed by atoms with Crippen molar-refractivity contribution in [2.75, 3.05) is 11.9 Å². The van der Waals surface area contributed by atoms with Crippen molar-refractivity contribution in [3.05, 3.63) is 28.6 Å². The molecule has 20 heavy (non-hydrogen) atoms. The Kier molecular flexibility index (Phi) is 3.18. The van der Waals surface area contributed by atoms with Gasteiger partial charge in [0.25, 0.3) is 5.56 Å². The number of hydrogen-bond donors (Lipinski definition) is 1. The van der Waals surface area contributed by atoms with Crippen molar-refractivity contribution in [3.8, 4) is 0 Å². The molecule has 0 saturated heterocycles. The van der Waals surface area contributed by atoms with Crippen LogP contribution < -0.4 is 10.9 Å². The van der Waals surface area contributed by atoms with Crippen LogP contribution in [0.4, 0.5) is 5.00 Å². The van der Waals surface area contributed by atoms with E-state index in [9.17, 15) is 4.79 Å². The number of rotatable bonds is 4. The zero-order valence-corrected chi connectivity index (χ0v) is 11.9. The molecular weight excluding hydrogens is 278 g/mol. The number of nitrogens with one attached hydrogen (secondary N) is 1. The Labute approximate surface area is 118 Å². The molecule has 0 amide bonds. The number of anilines is 1. The standard InChI is InChI=1S/C11H13N7OS/c1-3-12-10-8(15-16-20-10)5-18-6-13-9-7(11(18)19)4-14-17(9)2/h4,6,12H,3,5H2,1-2H3. The molecule has 0 aliphatic rings. The first-order chi connectivity index (χ1) is 9.70. The summed E-state index contributed by atoms with van der Waals surface area (Å²) >= 11 is 1.28. The van der Waals surface area contributed by atoms with Crippen LogP contribution in [0.15, 0.2) is 17.3 Å². The van der Waals surface area contributed by atoms with Crippen molar-refractivity contribution < 1.29 is 0 Å². The largest absolute Gasteiger partial charge is 0.374 e. The maximum Gasteiger partial charge on any atom is 0.264 e. The SMILES string of the molecule is CCNc1snnc1Cn1cnc2c(cnn2C)c1=O. The lowest BCUT2D eigenvalue weighted by atomic mass is 10.4. The molecule has 1 N–H and O–H groups in total. The topological polar surface area (TPSA) is 90.5 Å². The number of aryl methyl sites for hydroxylation is 1. The molecule has 0 fully saturated rings. The monoisotopic (exact) mass is 291 g/mol. The Balaban J connectivity index is 2.00. The van der Waals surface area contributed by atoms with Crippen molar-refractivity contribution in [1.82, 2.24) is 28.9 Å². The van der Waals surface area contributed by atoms with Crippen LogP contribution in [0.25, 0.3) is 11.0 Å². The van der Waals surface area contributed by atoms with E-state index in [0.717, 1.165) is 17.2 Å². The second kappa shape index (κ2) is 5.00. The molecule has 0 aromatic carbocycles. The van der Waals surface area contributed by atoms with Crippen molar-refractivity contribution >= 4 is 27.6 Å². The van der Waals surface area contributed by atoms with Crippen LogP contribution in [0.5, 0.6) is 0 Å². The fourth-order valence-corrected chi connectivity index (χ4v) is 2.59. The first-order valence-electron chi connectivity index (χ1n) is 6.13. The summed E-state index contributed by atoms with van der Waals surface area (Å²) in [6.07, 6.45) is 3.05. The summed E-state index contributed by atoms with van der Waals surface area (Å²) in [7, 11) is 1.76. The molecule has 0 aliphatic heterocycles. The molecule has 8 nitrogen and oxygen atoms in total. The maximum absolute atomic E-state index is 12.3. The fraction of sp³-hybridized carbons (Fsp3) is 0.364. The van der Waals surface area contributed by atoms with Gasteiger partial charge in [-0.1, -0.05) is 4.49 Å². The zero-order valence-electron chi connectivity index (χ0n) is 11.1. The fourth-order valence-electron chi connectivity index (χ4n) is 1.95. The van der Waals surface area contributed by atoms with Crippen molar-refractivity contribution in [2.45, 2.75) is 13.5 Å². The number of hydrogen-bond acceptors (Lipinski definition) is 7. The lowest BCUT2D eigenvalue weighted by Crippen LogP contribution is -2.21. The highest BCUT2D eigenvalue weighted by atomic mass is 32.1. The van der Waals surface area contributed by atoms with Gasteiger partial charge in [0.05, 0.1) is 12.7 Å². The van der Waals surface area contributed by atoms with Gasteiger partial charge >= 0.3 is 0 Å². The summed E-state index contributed by atoms with van der Waals surface area (Å²) in [5.41, 5.74) is 1.19. The van der Waals surface area contributed by atoms with E-state index in [2.05, 4.69) is 25.0 Å². The van der Waals surface area contributed by atoms with Gasteiger partial charge in [-0.3, -0.25) is 14.0 Å². The molecule has 9 heteroatoms. The Bertz CT molecular complexity index is 803. The third-order valence-electron chi connectivity index (χ3n) is 2.93. The first kappa shape index (κ1) is 12.7. The normalized spacial score (nSPS) is 11.1. The predicted molar refractivity (Wildman–Crippen MR) is 75.9 cm³/mol. The molecule has 3 aromatic heterocycles. The number of aromatic nitrogens is 6. The average Bonchev–Trinajstić information content (AvgIpc) is 3.02. The smallest absolute Gasteiger partial charge is 0.264 e. The van der Waals surface area contributed by atoms with Gasteiger partial charge in [0.2, 0.25) is 0 Å². The van der Waals surface area contributed by atoms with Crippen molar-refractivity contribution in [1.29, 1.82) is 0 Å². The summed E-state index contributed by atoms with van der Waals surface area (Å²) in [5, 5.41) is 12.7. The van der Waals surface area contributed by atoms with Gasteiger partial charge in [0.1, 0.15) is 22.4 Å². The van der Waals surface area contributed by atoms with E-state index in [1.54, 1.807) is 11.7 Å². The van der Waals surface area contributed by atoms with E-state index in [1.807, 2.05) is 6.92 Å². The molecule has 0 aliphatic carbocycles. The molecule has 104 valence electrons. The van der Waals surface area contributed by atoms with Gasteiger partial charge < -0.3 is 5.32 Å². The van der Waals surface area contributed by atoms with E-state index >= 15 is 0 Å². The highest BCUT2D eigenvalue weighted by molar-refractivity contribution is 7.10. The lowest BCUT2D eigenvalue weighted by molar-refractivity contribution is 0.720. The van der Waals surface area contributed by atoms with E-state index < -0.39 is 0 Å². The van der Waals surface area contributed by atoms with Crippen LogP contribution in [0, 0.1) is 0 Å². The highest BCUT2D eigenvalue weighted by Crippen LogP contribution is 2.17. The minimum Gasteiger partial charge on any atom is -0.374 e. The average molecular weight is 291 g/mol. The van der Waals surface area contributed by atoms with Crippen LogP contribution in [-0.2, 0) is 13.6 Å². The molecule has 3 rings (SSSR count). The summed E-state index contributed by atoms with van der Waals surface area (Å²) in [6.45, 7) is 3.13.